The quantitative estimate of drug-likeness (QED) is 0.634. The van der Waals surface area contributed by atoms with Crippen LogP contribution in [0.1, 0.15) is 12.8 Å². The summed E-state index contributed by atoms with van der Waals surface area (Å²) in [5, 5.41) is 4.52. The summed E-state index contributed by atoms with van der Waals surface area (Å²) in [6, 6.07) is 2.65. The average Bonchev–Trinajstić information content (AvgIpc) is 2.82. The smallest absolute Gasteiger partial charge is 0.132 e. The molecule has 0 aromatic carbocycles. The maximum atomic E-state index is 4.30. The number of thioether (sulfide) groups is 1. The lowest BCUT2D eigenvalue weighted by molar-refractivity contribution is 0.596. The summed E-state index contributed by atoms with van der Waals surface area (Å²) >= 11 is 1.65. The summed E-state index contributed by atoms with van der Waals surface area (Å²) in [7, 11) is 2.09. The van der Waals surface area contributed by atoms with Gasteiger partial charge in [0.1, 0.15) is 17.2 Å². The molecule has 2 heterocycles. The Labute approximate surface area is 101 Å². The summed E-state index contributed by atoms with van der Waals surface area (Å²) < 4.78 is 0. The Balaban J connectivity index is 1.98. The molecule has 1 fully saturated rings. The molecule has 0 radical (unpaired) electrons. The van der Waals surface area contributed by atoms with Crippen molar-refractivity contribution in [2.75, 3.05) is 31.3 Å². The molecule has 1 unspecified atom stereocenters. The van der Waals surface area contributed by atoms with Crippen molar-refractivity contribution in [1.29, 1.82) is 0 Å². The SMILES string of the molecule is CSc1cc(N(C)CC2CCCN2)ncn1. The van der Waals surface area contributed by atoms with E-state index >= 15 is 0 Å². The van der Waals surface area contributed by atoms with Gasteiger partial charge < -0.3 is 10.2 Å². The Bertz CT molecular complexity index is 339. The van der Waals surface area contributed by atoms with Crippen LogP contribution in [0.25, 0.3) is 0 Å². The van der Waals surface area contributed by atoms with Gasteiger partial charge in [-0.15, -0.1) is 11.8 Å². The van der Waals surface area contributed by atoms with Gasteiger partial charge in [0, 0.05) is 25.7 Å². The lowest BCUT2D eigenvalue weighted by Gasteiger charge is -2.22. The van der Waals surface area contributed by atoms with Crippen LogP contribution in [0.4, 0.5) is 5.82 Å². The first-order valence-corrected chi connectivity index (χ1v) is 6.82. The molecule has 1 aromatic rings. The number of nitrogens with zero attached hydrogens (tertiary/aromatic N) is 3. The van der Waals surface area contributed by atoms with Crippen LogP contribution in [-0.4, -0.2) is 42.4 Å². The topological polar surface area (TPSA) is 41.0 Å². The standard InChI is InChI=1S/C11H18N4S/c1-15(7-9-4-3-5-12-9)10-6-11(16-2)14-8-13-10/h6,8-9,12H,3-5,7H2,1-2H3. The van der Waals surface area contributed by atoms with Gasteiger partial charge in [-0.1, -0.05) is 0 Å². The fraction of sp³-hybridized carbons (Fsp3) is 0.636. The average molecular weight is 238 g/mol. The van der Waals surface area contributed by atoms with Crippen molar-refractivity contribution in [1.82, 2.24) is 15.3 Å². The van der Waals surface area contributed by atoms with Crippen LogP contribution in [0.3, 0.4) is 0 Å². The fourth-order valence-electron chi connectivity index (χ4n) is 1.99. The maximum absolute atomic E-state index is 4.30. The first-order chi connectivity index (χ1) is 7.79. The number of aromatic nitrogens is 2. The molecule has 0 saturated carbocycles. The molecule has 1 saturated heterocycles. The number of hydrogen-bond donors (Lipinski definition) is 1. The van der Waals surface area contributed by atoms with Gasteiger partial charge in [0.15, 0.2) is 0 Å². The van der Waals surface area contributed by atoms with Crippen LogP contribution >= 0.6 is 11.8 Å². The molecule has 0 spiro atoms. The molecule has 1 N–H and O–H groups in total. The number of anilines is 1. The van der Waals surface area contributed by atoms with Crippen molar-refractivity contribution in [2.24, 2.45) is 0 Å². The van der Waals surface area contributed by atoms with E-state index in [1.54, 1.807) is 18.1 Å². The Morgan fingerprint density at radius 1 is 1.56 bits per heavy atom. The maximum Gasteiger partial charge on any atom is 0.132 e. The third-order valence-electron chi connectivity index (χ3n) is 2.88. The van der Waals surface area contributed by atoms with Gasteiger partial charge in [0.2, 0.25) is 0 Å². The molecule has 88 valence electrons. The molecule has 1 aliphatic rings. The zero-order valence-electron chi connectivity index (χ0n) is 9.81. The van der Waals surface area contributed by atoms with Crippen LogP contribution in [-0.2, 0) is 0 Å². The molecule has 1 aromatic heterocycles. The number of rotatable bonds is 4. The van der Waals surface area contributed by atoms with E-state index in [-0.39, 0.29) is 0 Å². The van der Waals surface area contributed by atoms with Gasteiger partial charge >= 0.3 is 0 Å². The molecule has 4 nitrogen and oxygen atoms in total. The molecule has 2 rings (SSSR count). The van der Waals surface area contributed by atoms with Crippen LogP contribution < -0.4 is 10.2 Å². The fourth-order valence-corrected chi connectivity index (χ4v) is 2.36. The van der Waals surface area contributed by atoms with E-state index in [2.05, 4.69) is 27.2 Å². The van der Waals surface area contributed by atoms with Crippen molar-refractivity contribution in [3.63, 3.8) is 0 Å². The largest absolute Gasteiger partial charge is 0.358 e. The van der Waals surface area contributed by atoms with E-state index in [4.69, 9.17) is 0 Å². The molecule has 1 atom stereocenters. The number of nitrogens with one attached hydrogen (secondary N) is 1. The lowest BCUT2D eigenvalue weighted by Crippen LogP contribution is -2.35. The molecule has 0 aliphatic carbocycles. The Morgan fingerprint density at radius 3 is 3.12 bits per heavy atom. The zero-order valence-corrected chi connectivity index (χ0v) is 10.6. The highest BCUT2D eigenvalue weighted by molar-refractivity contribution is 7.98. The third-order valence-corrected chi connectivity index (χ3v) is 3.53. The molecule has 16 heavy (non-hydrogen) atoms. The summed E-state index contributed by atoms with van der Waals surface area (Å²) in [6.07, 6.45) is 6.23. The predicted octanol–water partition coefficient (Wildman–Crippen LogP) is 1.39. The van der Waals surface area contributed by atoms with Crippen LogP contribution in [0, 0.1) is 0 Å². The lowest BCUT2D eigenvalue weighted by atomic mass is 10.2. The van der Waals surface area contributed by atoms with Gasteiger partial charge in [-0.25, -0.2) is 9.97 Å². The van der Waals surface area contributed by atoms with Gasteiger partial charge in [0.25, 0.3) is 0 Å². The summed E-state index contributed by atoms with van der Waals surface area (Å²) in [5.41, 5.74) is 0. The number of likely N-dealkylation sites (N-methyl/N-ethyl adjacent to an activating group) is 1. The Morgan fingerprint density at radius 2 is 2.44 bits per heavy atom. The molecule has 0 bridgehead atoms. The predicted molar refractivity (Wildman–Crippen MR) is 68.1 cm³/mol. The van der Waals surface area contributed by atoms with Crippen LogP contribution in [0.15, 0.2) is 17.4 Å². The monoisotopic (exact) mass is 238 g/mol. The third kappa shape index (κ3) is 2.86. The highest BCUT2D eigenvalue weighted by atomic mass is 32.2. The van der Waals surface area contributed by atoms with Crippen molar-refractivity contribution >= 4 is 17.6 Å². The van der Waals surface area contributed by atoms with Crippen molar-refractivity contribution in [2.45, 2.75) is 23.9 Å². The van der Waals surface area contributed by atoms with E-state index in [0.29, 0.717) is 6.04 Å². The summed E-state index contributed by atoms with van der Waals surface area (Å²) in [6.45, 7) is 2.17. The molecule has 1 aliphatic heterocycles. The second-order valence-corrected chi connectivity index (χ2v) is 4.92. The molecule has 0 amide bonds. The summed E-state index contributed by atoms with van der Waals surface area (Å²) in [4.78, 5) is 10.7. The van der Waals surface area contributed by atoms with E-state index < -0.39 is 0 Å². The molecule has 5 heteroatoms. The minimum absolute atomic E-state index is 0.609. The summed E-state index contributed by atoms with van der Waals surface area (Å²) in [5.74, 6) is 1.01. The Hall–Kier alpha value is -0.810. The van der Waals surface area contributed by atoms with Gasteiger partial charge in [-0.05, 0) is 25.6 Å². The second-order valence-electron chi connectivity index (χ2n) is 4.09. The van der Waals surface area contributed by atoms with Crippen molar-refractivity contribution < 1.29 is 0 Å². The van der Waals surface area contributed by atoms with Crippen molar-refractivity contribution in [3.05, 3.63) is 12.4 Å². The minimum atomic E-state index is 0.609. The first-order valence-electron chi connectivity index (χ1n) is 5.60. The van der Waals surface area contributed by atoms with E-state index in [1.165, 1.54) is 12.8 Å². The number of hydrogen-bond acceptors (Lipinski definition) is 5. The van der Waals surface area contributed by atoms with Crippen LogP contribution in [0.5, 0.6) is 0 Å². The van der Waals surface area contributed by atoms with Crippen LogP contribution in [0.2, 0.25) is 0 Å². The van der Waals surface area contributed by atoms with E-state index in [0.717, 1.165) is 23.9 Å². The second kappa shape index (κ2) is 5.50. The molecular formula is C11H18N4S. The van der Waals surface area contributed by atoms with E-state index in [1.807, 2.05) is 12.3 Å². The van der Waals surface area contributed by atoms with Gasteiger partial charge in [-0.2, -0.15) is 0 Å². The van der Waals surface area contributed by atoms with Gasteiger partial charge in [0.05, 0.1) is 0 Å². The van der Waals surface area contributed by atoms with Gasteiger partial charge in [-0.3, -0.25) is 0 Å². The first kappa shape index (κ1) is 11.7. The van der Waals surface area contributed by atoms with Crippen molar-refractivity contribution in [3.8, 4) is 0 Å². The highest BCUT2D eigenvalue weighted by Gasteiger charge is 2.16. The molecular weight excluding hydrogens is 220 g/mol. The normalized spacial score (nSPS) is 20.0. The highest BCUT2D eigenvalue weighted by Crippen LogP contribution is 2.17. The Kier molecular flexibility index (Phi) is 4.01. The zero-order chi connectivity index (χ0) is 11.4. The minimum Gasteiger partial charge on any atom is -0.358 e. The van der Waals surface area contributed by atoms with E-state index in [9.17, 15) is 0 Å².